The molecule has 0 fully saturated rings. The molecule has 1 aliphatic heterocycles. The van der Waals surface area contributed by atoms with Gasteiger partial charge in [-0.2, -0.15) is 0 Å². The second-order valence-electron chi connectivity index (χ2n) is 17.9. The smallest absolute Gasteiger partial charge is 0.135 e. The summed E-state index contributed by atoms with van der Waals surface area (Å²) in [6, 6.07) is 91.1. The van der Waals surface area contributed by atoms with E-state index in [1.165, 1.54) is 85.2 Å². The van der Waals surface area contributed by atoms with Gasteiger partial charge >= 0.3 is 0 Å². The van der Waals surface area contributed by atoms with Crippen molar-refractivity contribution in [2.24, 2.45) is 0 Å². The Balaban J connectivity index is 1.12. The van der Waals surface area contributed by atoms with Crippen LogP contribution in [0.1, 0.15) is 0 Å². The molecule has 13 aromatic rings. The molecule has 3 heteroatoms. The van der Waals surface area contributed by atoms with E-state index in [1.807, 2.05) is 17.4 Å². The molecule has 0 bridgehead atoms. The number of nitrogens with zero attached hydrogens (tertiary/aromatic N) is 1. The zero-order valence-corrected chi connectivity index (χ0v) is 38.3. The second kappa shape index (κ2) is 16.0. The zero-order valence-electron chi connectivity index (χ0n) is 37.4. The number of thiophene rings is 1. The first kappa shape index (κ1) is 39.4. The molecule has 0 amide bonds. The number of rotatable bonds is 4. The second-order valence-corrected chi connectivity index (χ2v) is 19.0. The molecule has 0 saturated carbocycles. The van der Waals surface area contributed by atoms with E-state index in [4.69, 9.17) is 4.74 Å². The Hall–Kier alpha value is -8.76. The van der Waals surface area contributed by atoms with Crippen LogP contribution in [0.4, 0.5) is 17.1 Å². The zero-order chi connectivity index (χ0) is 45.4. The molecule has 1 aromatic heterocycles. The van der Waals surface area contributed by atoms with E-state index in [0.717, 1.165) is 50.8 Å². The van der Waals surface area contributed by atoms with E-state index < -0.39 is 0 Å². The Morgan fingerprint density at radius 3 is 1.43 bits per heavy atom. The number of hydrogen-bond donors (Lipinski definition) is 0. The fraction of sp³-hybridized carbons (Fsp3) is 0. The van der Waals surface area contributed by atoms with Crippen LogP contribution in [-0.4, -0.2) is 0 Å². The number of ether oxygens (including phenoxy) is 1. The van der Waals surface area contributed by atoms with Gasteiger partial charge < -0.3 is 9.64 Å². The summed E-state index contributed by atoms with van der Waals surface area (Å²) in [5.74, 6) is 1.69. The number of anilines is 3. The predicted octanol–water partition coefficient (Wildman–Crippen LogP) is 19.5. The standard InChI is InChI=1S/C66H41NOS/c1-2-16-42(17-3-1)43-30-32-44(33-31-43)67(46-35-38-62-60(41-46)53-24-9-8-22-51(53)55-25-12-14-28-61(55)68-62)45-34-36-54-50-21-7-5-19-48(50)47-18-4-6-20-49(47)52-23-10-11-26-56(52)65-57(59(54)40-45)37-39-64-66(65)58-27-13-15-29-63(58)69-64/h1-41H. The highest BCUT2D eigenvalue weighted by atomic mass is 32.1. The Morgan fingerprint density at radius 1 is 0.261 bits per heavy atom. The van der Waals surface area contributed by atoms with Gasteiger partial charge in [0.15, 0.2) is 0 Å². The maximum atomic E-state index is 6.79. The van der Waals surface area contributed by atoms with Gasteiger partial charge in [0.25, 0.3) is 0 Å². The van der Waals surface area contributed by atoms with Crippen molar-refractivity contribution in [1.29, 1.82) is 0 Å². The summed E-state index contributed by atoms with van der Waals surface area (Å²) >= 11 is 1.87. The van der Waals surface area contributed by atoms with Crippen molar-refractivity contribution >= 4 is 102 Å². The van der Waals surface area contributed by atoms with E-state index in [9.17, 15) is 0 Å². The fourth-order valence-electron chi connectivity index (χ4n) is 11.0. The molecule has 2 nitrogen and oxygen atoms in total. The van der Waals surface area contributed by atoms with Gasteiger partial charge in [0.05, 0.1) is 0 Å². The van der Waals surface area contributed by atoms with E-state index in [2.05, 4.69) is 248 Å². The molecule has 0 unspecified atom stereocenters. The van der Waals surface area contributed by atoms with Gasteiger partial charge in [-0.25, -0.2) is 0 Å². The number of hydrogen-bond acceptors (Lipinski definition) is 3. The summed E-state index contributed by atoms with van der Waals surface area (Å²) in [5, 5.41) is 14.7. The SMILES string of the molecule is c1ccc(-c2ccc(N(c3ccc4c(c3)-c3ccccc3-c3ccccc3O4)c3ccc4c5ccccc5c5ccccc5c5ccccc5c5c(ccc6sc7ccccc7c65)c4c3)cc2)cc1. The first-order valence-corrected chi connectivity index (χ1v) is 24.4. The van der Waals surface area contributed by atoms with Gasteiger partial charge in [-0.05, 0) is 137 Å². The third-order valence-corrected chi connectivity index (χ3v) is 15.2. The van der Waals surface area contributed by atoms with Crippen molar-refractivity contribution < 1.29 is 4.74 Å². The summed E-state index contributed by atoms with van der Waals surface area (Å²) < 4.78 is 9.35. The van der Waals surface area contributed by atoms with Crippen LogP contribution in [0, 0.1) is 0 Å². The lowest BCUT2D eigenvalue weighted by Gasteiger charge is -2.27. The maximum absolute atomic E-state index is 6.79. The predicted molar refractivity (Wildman–Crippen MR) is 296 cm³/mol. The lowest BCUT2D eigenvalue weighted by molar-refractivity contribution is 0.488. The average molecular weight is 896 g/mol. The van der Waals surface area contributed by atoms with Crippen LogP contribution < -0.4 is 9.64 Å². The molecule has 0 saturated heterocycles. The van der Waals surface area contributed by atoms with Crippen molar-refractivity contribution in [1.82, 2.24) is 0 Å². The molecule has 2 heterocycles. The molecule has 322 valence electrons. The van der Waals surface area contributed by atoms with E-state index in [-0.39, 0.29) is 0 Å². The van der Waals surface area contributed by atoms with Crippen LogP contribution in [0.5, 0.6) is 11.5 Å². The molecule has 1 aliphatic rings. The highest BCUT2D eigenvalue weighted by molar-refractivity contribution is 7.26. The minimum absolute atomic E-state index is 0.831. The number of benzene rings is 11. The summed E-state index contributed by atoms with van der Waals surface area (Å²) in [6.07, 6.45) is 0. The normalized spacial score (nSPS) is 11.9. The lowest BCUT2D eigenvalue weighted by atomic mass is 9.92. The van der Waals surface area contributed by atoms with Crippen LogP contribution in [-0.2, 0) is 0 Å². The molecule has 0 N–H and O–H groups in total. The van der Waals surface area contributed by atoms with Crippen molar-refractivity contribution in [3.63, 3.8) is 0 Å². The Bertz CT molecular complexity index is 4280. The molecule has 12 aromatic carbocycles. The van der Waals surface area contributed by atoms with Gasteiger partial charge in [-0.1, -0.05) is 188 Å². The molecular formula is C66H41NOS. The molecule has 0 aliphatic carbocycles. The van der Waals surface area contributed by atoms with Crippen LogP contribution >= 0.6 is 11.3 Å². The number of para-hydroxylation sites is 1. The minimum atomic E-state index is 0.831. The average Bonchev–Trinajstić information content (AvgIpc) is 3.74. The topological polar surface area (TPSA) is 12.5 Å². The van der Waals surface area contributed by atoms with Crippen LogP contribution in [0.3, 0.4) is 0 Å². The fourth-order valence-corrected chi connectivity index (χ4v) is 12.1. The van der Waals surface area contributed by atoms with E-state index in [0.29, 0.717) is 0 Å². The monoisotopic (exact) mass is 895 g/mol. The molecule has 0 atom stereocenters. The largest absolute Gasteiger partial charge is 0.456 e. The van der Waals surface area contributed by atoms with Gasteiger partial charge in [-0.3, -0.25) is 0 Å². The van der Waals surface area contributed by atoms with Crippen LogP contribution in [0.15, 0.2) is 249 Å². The molecule has 69 heavy (non-hydrogen) atoms. The first-order chi connectivity index (χ1) is 34.2. The summed E-state index contributed by atoms with van der Waals surface area (Å²) in [6.45, 7) is 0. The number of fused-ring (bicyclic) bond motifs is 19. The summed E-state index contributed by atoms with van der Waals surface area (Å²) in [5.41, 5.74) is 9.92. The van der Waals surface area contributed by atoms with Gasteiger partial charge in [-0.15, -0.1) is 11.3 Å². The van der Waals surface area contributed by atoms with Crippen molar-refractivity contribution in [2.45, 2.75) is 0 Å². The van der Waals surface area contributed by atoms with E-state index in [1.54, 1.807) is 0 Å². The highest BCUT2D eigenvalue weighted by Gasteiger charge is 2.24. The Kier molecular flexibility index (Phi) is 9.11. The summed E-state index contributed by atoms with van der Waals surface area (Å²) in [7, 11) is 0. The third kappa shape index (κ3) is 6.39. The van der Waals surface area contributed by atoms with E-state index >= 15 is 0 Å². The van der Waals surface area contributed by atoms with Crippen LogP contribution in [0.25, 0.3) is 107 Å². The summed E-state index contributed by atoms with van der Waals surface area (Å²) in [4.78, 5) is 2.42. The molecular weight excluding hydrogens is 855 g/mol. The lowest BCUT2D eigenvalue weighted by Crippen LogP contribution is -2.10. The van der Waals surface area contributed by atoms with Crippen molar-refractivity contribution in [2.75, 3.05) is 4.90 Å². The maximum Gasteiger partial charge on any atom is 0.135 e. The molecule has 0 radical (unpaired) electrons. The Labute approximate surface area is 403 Å². The highest BCUT2D eigenvalue weighted by Crippen LogP contribution is 2.50. The molecule has 0 spiro atoms. The van der Waals surface area contributed by atoms with Gasteiger partial charge in [0.2, 0.25) is 0 Å². The Morgan fingerprint density at radius 2 is 0.725 bits per heavy atom. The van der Waals surface area contributed by atoms with Gasteiger partial charge in [0, 0.05) is 48.4 Å². The quantitative estimate of drug-likeness (QED) is 0.175. The van der Waals surface area contributed by atoms with Crippen molar-refractivity contribution in [3.8, 4) is 44.9 Å². The van der Waals surface area contributed by atoms with Crippen LogP contribution in [0.2, 0.25) is 0 Å². The van der Waals surface area contributed by atoms with Crippen molar-refractivity contribution in [3.05, 3.63) is 249 Å². The molecule has 14 rings (SSSR count). The minimum Gasteiger partial charge on any atom is -0.456 e. The first-order valence-electron chi connectivity index (χ1n) is 23.6. The van der Waals surface area contributed by atoms with Gasteiger partial charge in [0.1, 0.15) is 11.5 Å². The third-order valence-electron chi connectivity index (χ3n) is 14.1.